The molecule has 0 spiro atoms. The number of nitrogens with zero attached hydrogens (tertiary/aromatic N) is 2. The fraction of sp³-hybridized carbons (Fsp3) is 0.480. The first-order chi connectivity index (χ1) is 15.3. The summed E-state index contributed by atoms with van der Waals surface area (Å²) in [7, 11) is -3.57. The third-order valence-corrected chi connectivity index (χ3v) is 8.08. The molecule has 7 heteroatoms. The zero-order valence-corrected chi connectivity index (χ0v) is 20.2. The highest BCUT2D eigenvalue weighted by Crippen LogP contribution is 2.23. The first-order valence-electron chi connectivity index (χ1n) is 11.5. The van der Waals surface area contributed by atoms with Crippen LogP contribution in [0.15, 0.2) is 47.4 Å². The Kier molecular flexibility index (Phi) is 8.45. The summed E-state index contributed by atoms with van der Waals surface area (Å²) in [6.45, 7) is 10.6. The van der Waals surface area contributed by atoms with Crippen LogP contribution in [0, 0.1) is 6.92 Å². The maximum atomic E-state index is 13.0. The summed E-state index contributed by atoms with van der Waals surface area (Å²) in [6, 6.07) is 13.1. The molecule has 0 unspecified atom stereocenters. The average Bonchev–Trinajstić information content (AvgIpc) is 2.82. The molecule has 1 aliphatic rings. The molecule has 1 fully saturated rings. The molecule has 0 radical (unpaired) electrons. The minimum Gasteiger partial charge on any atom is -0.348 e. The number of carbonyl (C=O) groups is 1. The van der Waals surface area contributed by atoms with Crippen LogP contribution in [-0.2, 0) is 23.1 Å². The Labute approximate surface area is 192 Å². The first-order valence-corrected chi connectivity index (χ1v) is 13.0. The van der Waals surface area contributed by atoms with E-state index in [1.165, 1.54) is 15.9 Å². The van der Waals surface area contributed by atoms with Gasteiger partial charge in [-0.3, -0.25) is 9.69 Å². The summed E-state index contributed by atoms with van der Waals surface area (Å²) < 4.78 is 27.5. The lowest BCUT2D eigenvalue weighted by Crippen LogP contribution is -2.35. The van der Waals surface area contributed by atoms with Gasteiger partial charge in [0.2, 0.25) is 10.0 Å². The molecule has 1 aliphatic heterocycles. The third-order valence-electron chi connectivity index (χ3n) is 6.18. The molecule has 0 aromatic heterocycles. The lowest BCUT2D eigenvalue weighted by atomic mass is 10.1. The van der Waals surface area contributed by atoms with Gasteiger partial charge in [0, 0.05) is 31.7 Å². The van der Waals surface area contributed by atoms with E-state index in [9.17, 15) is 13.2 Å². The summed E-state index contributed by atoms with van der Waals surface area (Å²) in [5.41, 5.74) is 3.42. The Morgan fingerprint density at radius 2 is 1.59 bits per heavy atom. The predicted octanol–water partition coefficient (Wildman–Crippen LogP) is 3.94. The average molecular weight is 458 g/mol. The minimum atomic E-state index is -3.57. The number of aryl methyl sites for hydroxylation is 1. The quantitative estimate of drug-likeness (QED) is 0.619. The minimum absolute atomic E-state index is 0.191. The van der Waals surface area contributed by atoms with Gasteiger partial charge in [-0.1, -0.05) is 50.6 Å². The number of sulfonamides is 1. The van der Waals surface area contributed by atoms with E-state index in [4.69, 9.17) is 0 Å². The van der Waals surface area contributed by atoms with Crippen molar-refractivity contribution in [2.45, 2.75) is 58.0 Å². The van der Waals surface area contributed by atoms with Gasteiger partial charge in [0.05, 0.1) is 4.90 Å². The first kappa shape index (κ1) is 24.4. The van der Waals surface area contributed by atoms with Crippen LogP contribution in [0.2, 0.25) is 0 Å². The van der Waals surface area contributed by atoms with Gasteiger partial charge in [-0.25, -0.2) is 8.42 Å². The molecule has 1 N–H and O–H groups in total. The van der Waals surface area contributed by atoms with E-state index < -0.39 is 10.0 Å². The largest absolute Gasteiger partial charge is 0.348 e. The lowest BCUT2D eigenvalue weighted by Gasteiger charge is -2.26. The van der Waals surface area contributed by atoms with Crippen molar-refractivity contribution in [3.8, 4) is 0 Å². The van der Waals surface area contributed by atoms with Gasteiger partial charge >= 0.3 is 0 Å². The van der Waals surface area contributed by atoms with E-state index in [-0.39, 0.29) is 10.8 Å². The van der Waals surface area contributed by atoms with Gasteiger partial charge in [0.1, 0.15) is 0 Å². The normalized spacial score (nSPS) is 15.1. The second-order valence-corrected chi connectivity index (χ2v) is 10.3. The number of hydrogen-bond acceptors (Lipinski definition) is 4. The van der Waals surface area contributed by atoms with Crippen LogP contribution < -0.4 is 5.32 Å². The SMILES string of the molecule is CCN(CC)Cc1ccc(CNC(=O)c2cc(S(=O)(=O)N3CCCCC3)ccc2C)cc1. The summed E-state index contributed by atoms with van der Waals surface area (Å²) >= 11 is 0. The zero-order chi connectivity index (χ0) is 23.1. The maximum absolute atomic E-state index is 13.0. The molecule has 3 rings (SSSR count). The molecule has 0 bridgehead atoms. The summed E-state index contributed by atoms with van der Waals surface area (Å²) in [5.74, 6) is -0.259. The fourth-order valence-corrected chi connectivity index (χ4v) is 5.55. The molecule has 0 aliphatic carbocycles. The van der Waals surface area contributed by atoms with Gasteiger partial charge < -0.3 is 5.32 Å². The summed E-state index contributed by atoms with van der Waals surface area (Å²) in [4.78, 5) is 15.4. The van der Waals surface area contributed by atoms with Gasteiger partial charge in [0.25, 0.3) is 5.91 Å². The van der Waals surface area contributed by atoms with Gasteiger partial charge in [-0.2, -0.15) is 4.31 Å². The highest BCUT2D eigenvalue weighted by molar-refractivity contribution is 7.89. The van der Waals surface area contributed by atoms with Crippen LogP contribution in [0.3, 0.4) is 0 Å². The van der Waals surface area contributed by atoms with Crippen molar-refractivity contribution in [1.82, 2.24) is 14.5 Å². The number of nitrogens with one attached hydrogen (secondary N) is 1. The molecule has 2 aromatic carbocycles. The Bertz CT molecular complexity index is 1010. The van der Waals surface area contributed by atoms with Crippen molar-refractivity contribution in [3.63, 3.8) is 0 Å². The number of carbonyl (C=O) groups excluding carboxylic acids is 1. The lowest BCUT2D eigenvalue weighted by molar-refractivity contribution is 0.0950. The number of rotatable bonds is 9. The summed E-state index contributed by atoms with van der Waals surface area (Å²) in [5, 5.41) is 2.94. The van der Waals surface area contributed by atoms with Crippen LogP contribution in [0.4, 0.5) is 0 Å². The Morgan fingerprint density at radius 3 is 2.22 bits per heavy atom. The Balaban J connectivity index is 1.67. The maximum Gasteiger partial charge on any atom is 0.251 e. The zero-order valence-electron chi connectivity index (χ0n) is 19.4. The standard InChI is InChI=1S/C25H35N3O3S/c1-4-27(5-2)19-22-12-10-21(11-13-22)18-26-25(29)24-17-23(14-9-20(24)3)32(30,31)28-15-7-6-8-16-28/h9-14,17H,4-8,15-16,18-19H2,1-3H3,(H,26,29). The molecular weight excluding hydrogens is 422 g/mol. The molecule has 6 nitrogen and oxygen atoms in total. The van der Waals surface area contributed by atoms with E-state index in [0.29, 0.717) is 25.2 Å². The molecule has 32 heavy (non-hydrogen) atoms. The number of hydrogen-bond donors (Lipinski definition) is 1. The van der Waals surface area contributed by atoms with Crippen LogP contribution in [0.25, 0.3) is 0 Å². The number of benzene rings is 2. The predicted molar refractivity (Wildman–Crippen MR) is 128 cm³/mol. The number of amides is 1. The second-order valence-electron chi connectivity index (χ2n) is 8.40. The monoisotopic (exact) mass is 457 g/mol. The van der Waals surface area contributed by atoms with Crippen molar-refractivity contribution in [1.29, 1.82) is 0 Å². The van der Waals surface area contributed by atoms with Crippen molar-refractivity contribution < 1.29 is 13.2 Å². The molecule has 0 saturated carbocycles. The molecular formula is C25H35N3O3S. The van der Waals surface area contributed by atoms with Crippen molar-refractivity contribution in [2.75, 3.05) is 26.2 Å². The highest BCUT2D eigenvalue weighted by atomic mass is 32.2. The van der Waals surface area contributed by atoms with E-state index in [1.807, 2.05) is 19.1 Å². The van der Waals surface area contributed by atoms with Crippen LogP contribution >= 0.6 is 0 Å². The molecule has 0 atom stereocenters. The highest BCUT2D eigenvalue weighted by Gasteiger charge is 2.27. The van der Waals surface area contributed by atoms with Crippen molar-refractivity contribution in [2.24, 2.45) is 0 Å². The molecule has 174 valence electrons. The molecule has 2 aromatic rings. The van der Waals surface area contributed by atoms with E-state index in [0.717, 1.165) is 50.0 Å². The van der Waals surface area contributed by atoms with Crippen LogP contribution in [0.5, 0.6) is 0 Å². The molecule has 1 saturated heterocycles. The van der Waals surface area contributed by atoms with Crippen molar-refractivity contribution in [3.05, 3.63) is 64.7 Å². The Morgan fingerprint density at radius 1 is 0.969 bits per heavy atom. The van der Waals surface area contributed by atoms with E-state index in [1.54, 1.807) is 12.1 Å². The fourth-order valence-electron chi connectivity index (χ4n) is 4.01. The van der Waals surface area contributed by atoms with E-state index in [2.05, 4.69) is 36.2 Å². The Hall–Kier alpha value is -2.22. The van der Waals surface area contributed by atoms with Crippen LogP contribution in [-0.4, -0.2) is 49.7 Å². The van der Waals surface area contributed by atoms with Crippen LogP contribution in [0.1, 0.15) is 60.2 Å². The summed E-state index contributed by atoms with van der Waals surface area (Å²) in [6.07, 6.45) is 2.82. The van der Waals surface area contributed by atoms with Gasteiger partial charge in [-0.05, 0) is 61.7 Å². The smallest absolute Gasteiger partial charge is 0.251 e. The van der Waals surface area contributed by atoms with E-state index >= 15 is 0 Å². The third kappa shape index (κ3) is 5.97. The van der Waals surface area contributed by atoms with Gasteiger partial charge in [0.15, 0.2) is 0 Å². The molecule has 1 heterocycles. The number of piperidine rings is 1. The molecule has 1 amide bonds. The second kappa shape index (κ2) is 11.1. The van der Waals surface area contributed by atoms with Gasteiger partial charge in [-0.15, -0.1) is 0 Å². The topological polar surface area (TPSA) is 69.7 Å². The van der Waals surface area contributed by atoms with Crippen molar-refractivity contribution >= 4 is 15.9 Å².